The Bertz CT molecular complexity index is 321. The highest BCUT2D eigenvalue weighted by atomic mass is 16.2. The number of piperidine rings is 1. The molecule has 3 atom stereocenters. The molecule has 0 saturated carbocycles. The number of nitrogens with two attached hydrogens (primary N) is 1. The quantitative estimate of drug-likeness (QED) is 0.584. The van der Waals surface area contributed by atoms with Crippen LogP contribution in [0.1, 0.15) is 13.3 Å². The van der Waals surface area contributed by atoms with Crippen LogP contribution < -0.4 is 16.4 Å². The lowest BCUT2D eigenvalue weighted by Crippen LogP contribution is -2.52. The minimum Gasteiger partial charge on any atom is -0.351 e. The number of amides is 3. The number of hydrogen-bond acceptors (Lipinski definition) is 4. The number of primary amides is 1. The summed E-state index contributed by atoms with van der Waals surface area (Å²) in [7, 11) is 0. The van der Waals surface area contributed by atoms with Crippen molar-refractivity contribution in [3.63, 3.8) is 0 Å². The molecule has 2 aliphatic rings. The number of likely N-dealkylation sites (tertiary alicyclic amines) is 1. The minimum absolute atomic E-state index is 0.288. The van der Waals surface area contributed by atoms with Gasteiger partial charge in [0.1, 0.15) is 0 Å². The van der Waals surface area contributed by atoms with Crippen molar-refractivity contribution in [1.82, 2.24) is 15.5 Å². The molecule has 0 aromatic rings. The molecule has 3 amide bonds. The van der Waals surface area contributed by atoms with E-state index in [9.17, 15) is 9.59 Å². The van der Waals surface area contributed by atoms with Crippen molar-refractivity contribution in [3.05, 3.63) is 0 Å². The zero-order valence-electron chi connectivity index (χ0n) is 10.1. The van der Waals surface area contributed by atoms with Crippen LogP contribution in [-0.4, -0.2) is 49.1 Å². The predicted octanol–water partition coefficient (Wildman–Crippen LogP) is -0.889. The Kier molecular flexibility index (Phi) is 3.63. The molecule has 3 unspecified atom stereocenters. The van der Waals surface area contributed by atoms with Gasteiger partial charge in [-0.15, -0.1) is 0 Å². The lowest BCUT2D eigenvalue weighted by Gasteiger charge is -2.37. The molecular weight excluding hydrogens is 220 g/mol. The minimum atomic E-state index is -0.778. The molecule has 6 nitrogen and oxygen atoms in total. The average molecular weight is 240 g/mol. The number of imide groups is 1. The van der Waals surface area contributed by atoms with Gasteiger partial charge in [-0.05, 0) is 44.8 Å². The van der Waals surface area contributed by atoms with Gasteiger partial charge < -0.3 is 11.1 Å². The maximum atomic E-state index is 11.7. The van der Waals surface area contributed by atoms with E-state index < -0.39 is 6.03 Å². The van der Waals surface area contributed by atoms with Gasteiger partial charge in [-0.3, -0.25) is 15.0 Å². The van der Waals surface area contributed by atoms with Crippen LogP contribution in [0.3, 0.4) is 0 Å². The Morgan fingerprint density at radius 3 is 2.82 bits per heavy atom. The van der Waals surface area contributed by atoms with Gasteiger partial charge in [0.15, 0.2) is 0 Å². The summed E-state index contributed by atoms with van der Waals surface area (Å²) < 4.78 is 0. The molecule has 0 aromatic heterocycles. The summed E-state index contributed by atoms with van der Waals surface area (Å²) in [6.45, 7) is 5.79. The Labute approximate surface area is 101 Å². The molecule has 17 heavy (non-hydrogen) atoms. The third kappa shape index (κ3) is 2.76. The third-order valence-corrected chi connectivity index (χ3v) is 3.91. The summed E-state index contributed by atoms with van der Waals surface area (Å²) in [5.41, 5.74) is 4.95. The summed E-state index contributed by atoms with van der Waals surface area (Å²) in [6, 6.07) is -1.07. The van der Waals surface area contributed by atoms with Crippen LogP contribution in [-0.2, 0) is 4.79 Å². The van der Waals surface area contributed by atoms with Gasteiger partial charge in [0.05, 0.1) is 6.04 Å². The summed E-state index contributed by atoms with van der Waals surface area (Å²) in [4.78, 5) is 24.4. The molecule has 0 bridgehead atoms. The first kappa shape index (κ1) is 12.3. The van der Waals surface area contributed by atoms with Crippen LogP contribution >= 0.6 is 0 Å². The fourth-order valence-corrected chi connectivity index (χ4v) is 2.81. The topological polar surface area (TPSA) is 87.5 Å². The predicted molar refractivity (Wildman–Crippen MR) is 63.2 cm³/mol. The number of carbonyl (C=O) groups excluding carboxylic acids is 2. The van der Waals surface area contributed by atoms with Crippen molar-refractivity contribution < 1.29 is 9.59 Å². The van der Waals surface area contributed by atoms with E-state index in [0.717, 1.165) is 38.5 Å². The van der Waals surface area contributed by atoms with Crippen molar-refractivity contribution in [3.8, 4) is 0 Å². The first-order valence-corrected chi connectivity index (χ1v) is 6.13. The van der Waals surface area contributed by atoms with E-state index in [4.69, 9.17) is 5.73 Å². The van der Waals surface area contributed by atoms with Crippen LogP contribution in [0.2, 0.25) is 0 Å². The molecule has 0 aromatic carbocycles. The van der Waals surface area contributed by atoms with Gasteiger partial charge in [0.25, 0.3) is 0 Å². The number of hydrogen-bond donors (Lipinski definition) is 3. The number of nitrogens with zero attached hydrogens (tertiary/aromatic N) is 1. The Balaban J connectivity index is 1.89. The van der Waals surface area contributed by atoms with Crippen LogP contribution in [0.5, 0.6) is 0 Å². The van der Waals surface area contributed by atoms with E-state index in [-0.39, 0.29) is 11.9 Å². The lowest BCUT2D eigenvalue weighted by atomic mass is 9.88. The number of rotatable bonds is 2. The van der Waals surface area contributed by atoms with E-state index in [1.807, 2.05) is 6.92 Å². The second kappa shape index (κ2) is 5.01. The monoisotopic (exact) mass is 240 g/mol. The zero-order chi connectivity index (χ0) is 12.4. The molecular formula is C11H20N4O2. The van der Waals surface area contributed by atoms with Crippen molar-refractivity contribution in [2.24, 2.45) is 17.6 Å². The van der Waals surface area contributed by atoms with Crippen LogP contribution in [0.25, 0.3) is 0 Å². The zero-order valence-corrected chi connectivity index (χ0v) is 10.1. The molecule has 6 heteroatoms. The number of nitrogens with one attached hydrogen (secondary N) is 2. The van der Waals surface area contributed by atoms with Crippen LogP contribution in [0, 0.1) is 11.8 Å². The normalized spacial score (nSPS) is 30.6. The molecule has 2 saturated heterocycles. The molecule has 2 fully saturated rings. The summed E-state index contributed by atoms with van der Waals surface area (Å²) in [5, 5.41) is 5.53. The molecule has 96 valence electrons. The SMILES string of the molecule is CC(C(=O)NC(N)=O)N1CCC2CNCC2C1. The van der Waals surface area contributed by atoms with Crippen molar-refractivity contribution in [1.29, 1.82) is 0 Å². The molecule has 2 heterocycles. The average Bonchev–Trinajstić information content (AvgIpc) is 2.73. The number of fused-ring (bicyclic) bond motifs is 1. The highest BCUT2D eigenvalue weighted by Gasteiger charge is 2.35. The highest BCUT2D eigenvalue weighted by molar-refractivity contribution is 5.96. The molecule has 0 radical (unpaired) electrons. The molecule has 0 spiro atoms. The fourth-order valence-electron chi connectivity index (χ4n) is 2.81. The van der Waals surface area contributed by atoms with E-state index in [1.54, 1.807) is 0 Å². The van der Waals surface area contributed by atoms with Crippen molar-refractivity contribution in [2.45, 2.75) is 19.4 Å². The summed E-state index contributed by atoms with van der Waals surface area (Å²) >= 11 is 0. The fraction of sp³-hybridized carbons (Fsp3) is 0.818. The first-order valence-electron chi connectivity index (χ1n) is 6.13. The van der Waals surface area contributed by atoms with Gasteiger partial charge in [-0.2, -0.15) is 0 Å². The van der Waals surface area contributed by atoms with E-state index in [0.29, 0.717) is 5.92 Å². The molecule has 2 aliphatic heterocycles. The van der Waals surface area contributed by atoms with E-state index in [1.165, 1.54) is 0 Å². The van der Waals surface area contributed by atoms with Gasteiger partial charge in [-0.1, -0.05) is 0 Å². The Morgan fingerprint density at radius 2 is 2.12 bits per heavy atom. The van der Waals surface area contributed by atoms with Gasteiger partial charge in [-0.25, -0.2) is 4.79 Å². The van der Waals surface area contributed by atoms with E-state index in [2.05, 4.69) is 15.5 Å². The Morgan fingerprint density at radius 1 is 1.41 bits per heavy atom. The second-order valence-electron chi connectivity index (χ2n) is 4.99. The van der Waals surface area contributed by atoms with Crippen molar-refractivity contribution >= 4 is 11.9 Å². The van der Waals surface area contributed by atoms with Crippen LogP contribution in [0.15, 0.2) is 0 Å². The molecule has 2 rings (SSSR count). The summed E-state index contributed by atoms with van der Waals surface area (Å²) in [6.07, 6.45) is 1.12. The van der Waals surface area contributed by atoms with Gasteiger partial charge >= 0.3 is 6.03 Å². The van der Waals surface area contributed by atoms with E-state index >= 15 is 0 Å². The maximum absolute atomic E-state index is 11.7. The van der Waals surface area contributed by atoms with Crippen molar-refractivity contribution in [2.75, 3.05) is 26.2 Å². The first-order chi connectivity index (χ1) is 8.08. The smallest absolute Gasteiger partial charge is 0.318 e. The highest BCUT2D eigenvalue weighted by Crippen LogP contribution is 2.27. The van der Waals surface area contributed by atoms with Gasteiger partial charge in [0.2, 0.25) is 5.91 Å². The number of carbonyl (C=O) groups is 2. The number of urea groups is 1. The maximum Gasteiger partial charge on any atom is 0.318 e. The third-order valence-electron chi connectivity index (χ3n) is 3.91. The summed E-state index contributed by atoms with van der Waals surface area (Å²) in [5.74, 6) is 1.08. The molecule has 0 aliphatic carbocycles. The molecule has 4 N–H and O–H groups in total. The largest absolute Gasteiger partial charge is 0.351 e. The lowest BCUT2D eigenvalue weighted by molar-refractivity contribution is -0.125. The standard InChI is InChI=1S/C11H20N4O2/c1-7(10(16)14-11(12)17)15-3-2-8-4-13-5-9(8)6-15/h7-9,13H,2-6H2,1H3,(H3,12,14,16,17). The van der Waals surface area contributed by atoms with Crippen LogP contribution in [0.4, 0.5) is 4.79 Å². The van der Waals surface area contributed by atoms with Gasteiger partial charge in [0, 0.05) is 6.54 Å². The second-order valence-corrected chi connectivity index (χ2v) is 4.99. The Hall–Kier alpha value is -1.14.